The number of aromatic nitrogens is 4. The molecule has 0 bridgehead atoms. The summed E-state index contributed by atoms with van der Waals surface area (Å²) in [7, 11) is 0. The number of hydrogen-bond donors (Lipinski definition) is 0. The van der Waals surface area contributed by atoms with Crippen LogP contribution in [-0.2, 0) is 0 Å². The van der Waals surface area contributed by atoms with Crippen LogP contribution in [0.1, 0.15) is 0 Å². The Balaban J connectivity index is 0.884. The van der Waals surface area contributed by atoms with Crippen LogP contribution in [0.3, 0.4) is 0 Å². The lowest BCUT2D eigenvalue weighted by Crippen LogP contribution is -2.10. The fourth-order valence-corrected chi connectivity index (χ4v) is 9.06. The highest BCUT2D eigenvalue weighted by Gasteiger charge is 2.17. The van der Waals surface area contributed by atoms with Crippen molar-refractivity contribution in [2.24, 2.45) is 0 Å². The van der Waals surface area contributed by atoms with Crippen molar-refractivity contribution in [1.29, 1.82) is 0 Å². The van der Waals surface area contributed by atoms with E-state index in [1.54, 1.807) is 0 Å². The van der Waals surface area contributed by atoms with Crippen LogP contribution in [0.25, 0.3) is 110 Å². The number of rotatable bonds is 6. The molecule has 0 saturated carbocycles. The number of nitrogens with zero attached hydrogens (tertiary/aromatic N) is 5. The van der Waals surface area contributed by atoms with Crippen LogP contribution in [0.15, 0.2) is 209 Å². The lowest BCUT2D eigenvalue weighted by Gasteiger charge is -2.26. The largest absolute Gasteiger partial charge is 0.454 e. The van der Waals surface area contributed by atoms with Crippen molar-refractivity contribution in [2.75, 3.05) is 4.90 Å². The molecule has 63 heavy (non-hydrogen) atoms. The smallest absolute Gasteiger partial charge is 0.157 e. The van der Waals surface area contributed by atoms with Gasteiger partial charge in [0.2, 0.25) is 0 Å². The minimum Gasteiger partial charge on any atom is -0.454 e. The predicted octanol–water partition coefficient (Wildman–Crippen LogP) is 15.0. The van der Waals surface area contributed by atoms with Crippen molar-refractivity contribution in [3.8, 4) is 33.6 Å². The highest BCUT2D eigenvalue weighted by Crippen LogP contribution is 2.40. The van der Waals surface area contributed by atoms with Gasteiger partial charge in [-0.25, -0.2) is 0 Å². The molecule has 0 aliphatic carbocycles. The maximum atomic E-state index is 6.15. The molecular formula is C56H33N5O2. The molecule has 0 atom stereocenters. The van der Waals surface area contributed by atoms with Gasteiger partial charge in [-0.3, -0.25) is 0 Å². The molecule has 0 saturated heterocycles. The summed E-state index contributed by atoms with van der Waals surface area (Å²) in [4.78, 5) is 2.28. The minimum atomic E-state index is 0.713. The fourth-order valence-electron chi connectivity index (χ4n) is 9.06. The zero-order valence-corrected chi connectivity index (χ0v) is 33.6. The number of fused-ring (bicyclic) bond motifs is 10. The van der Waals surface area contributed by atoms with Crippen LogP contribution in [0.4, 0.5) is 17.1 Å². The Bertz CT molecular complexity index is 3770. The molecule has 0 fully saturated rings. The molecule has 4 heterocycles. The Morgan fingerprint density at radius 3 is 1.33 bits per heavy atom. The standard InChI is InChI=1S/C56H33N5O2/c1-2-8-37-29-38(14-13-34(37)7-1)39-21-27-45-40(30-39)15-16-41-31-44(26-28-46(41)45)61(42-22-17-35(18-23-42)49-32-53-55(59-57-49)47-9-3-5-11-51(47)62-53)43-24-19-36(20-25-43)50-33-54-56(60-58-50)48-10-4-6-12-52(48)63-54/h1-33H. The van der Waals surface area contributed by atoms with Gasteiger partial charge in [-0.2, -0.15) is 0 Å². The molecule has 0 aliphatic heterocycles. The Hall–Kier alpha value is -8.68. The van der Waals surface area contributed by atoms with Crippen molar-refractivity contribution in [2.45, 2.75) is 0 Å². The monoisotopic (exact) mass is 807 g/mol. The summed E-state index contributed by atoms with van der Waals surface area (Å²) in [5.41, 5.74) is 13.3. The summed E-state index contributed by atoms with van der Waals surface area (Å²) in [5.74, 6) is 0. The molecule has 0 N–H and O–H groups in total. The van der Waals surface area contributed by atoms with Gasteiger partial charge in [0, 0.05) is 51.1 Å². The second-order valence-electron chi connectivity index (χ2n) is 16.0. The van der Waals surface area contributed by atoms with Crippen LogP contribution >= 0.6 is 0 Å². The third-order valence-corrected chi connectivity index (χ3v) is 12.2. The van der Waals surface area contributed by atoms with Gasteiger partial charge < -0.3 is 13.7 Å². The maximum absolute atomic E-state index is 6.15. The van der Waals surface area contributed by atoms with Gasteiger partial charge in [0.05, 0.1) is 11.4 Å². The normalized spacial score (nSPS) is 11.8. The lowest BCUT2D eigenvalue weighted by atomic mass is 9.96. The van der Waals surface area contributed by atoms with Gasteiger partial charge in [-0.15, -0.1) is 20.4 Å². The van der Waals surface area contributed by atoms with Gasteiger partial charge in [-0.05, 0) is 116 Å². The van der Waals surface area contributed by atoms with Gasteiger partial charge in [-0.1, -0.05) is 115 Å². The molecule has 294 valence electrons. The number of furan rings is 2. The summed E-state index contributed by atoms with van der Waals surface area (Å²) < 4.78 is 12.3. The zero-order chi connectivity index (χ0) is 41.4. The number of benzene rings is 9. The van der Waals surface area contributed by atoms with Gasteiger partial charge in [0.25, 0.3) is 0 Å². The van der Waals surface area contributed by atoms with Gasteiger partial charge in [0.1, 0.15) is 22.2 Å². The molecule has 0 amide bonds. The third kappa shape index (κ3) is 5.90. The SMILES string of the molecule is c1ccc2cc(-c3ccc4c(ccc5cc(N(c6ccc(-c7cc8oc9ccccc9c8nn7)cc6)c6ccc(-c7cc8oc9ccccc9c8nn7)cc6)ccc54)c3)ccc2c1. The van der Waals surface area contributed by atoms with Crippen molar-refractivity contribution < 1.29 is 8.83 Å². The molecule has 4 aromatic heterocycles. The molecule has 0 unspecified atom stereocenters. The Morgan fingerprint density at radius 1 is 0.286 bits per heavy atom. The summed E-state index contributed by atoms with van der Waals surface area (Å²) in [5, 5.41) is 27.5. The molecule has 0 radical (unpaired) electrons. The third-order valence-electron chi connectivity index (χ3n) is 12.2. The first kappa shape index (κ1) is 35.1. The lowest BCUT2D eigenvalue weighted by molar-refractivity contribution is 0.667. The average Bonchev–Trinajstić information content (AvgIpc) is 3.92. The zero-order valence-electron chi connectivity index (χ0n) is 33.6. The first-order valence-electron chi connectivity index (χ1n) is 20.9. The van der Waals surface area contributed by atoms with E-state index < -0.39 is 0 Å². The molecule has 0 spiro atoms. The molecule has 13 rings (SSSR count). The van der Waals surface area contributed by atoms with Crippen molar-refractivity contribution in [3.63, 3.8) is 0 Å². The first-order valence-corrected chi connectivity index (χ1v) is 20.9. The second kappa shape index (κ2) is 13.9. The minimum absolute atomic E-state index is 0.713. The molecule has 7 heteroatoms. The van der Waals surface area contributed by atoms with Crippen LogP contribution in [0.2, 0.25) is 0 Å². The highest BCUT2D eigenvalue weighted by atomic mass is 16.3. The van der Waals surface area contributed by atoms with Gasteiger partial charge in [0.15, 0.2) is 11.2 Å². The van der Waals surface area contributed by atoms with E-state index in [1.165, 1.54) is 38.1 Å². The number of para-hydroxylation sites is 2. The Labute approximate surface area is 360 Å². The fraction of sp³-hybridized carbons (Fsp3) is 0. The maximum Gasteiger partial charge on any atom is 0.157 e. The highest BCUT2D eigenvalue weighted by molar-refractivity contribution is 6.10. The van der Waals surface area contributed by atoms with Crippen LogP contribution < -0.4 is 4.90 Å². The molecule has 7 nitrogen and oxygen atoms in total. The van der Waals surface area contributed by atoms with Crippen molar-refractivity contribution >= 4 is 93.5 Å². The molecule has 9 aromatic carbocycles. The van der Waals surface area contributed by atoms with Crippen LogP contribution in [-0.4, -0.2) is 20.4 Å². The van der Waals surface area contributed by atoms with Crippen molar-refractivity contribution in [1.82, 2.24) is 20.4 Å². The predicted molar refractivity (Wildman–Crippen MR) is 256 cm³/mol. The van der Waals surface area contributed by atoms with Crippen LogP contribution in [0.5, 0.6) is 0 Å². The van der Waals surface area contributed by atoms with E-state index in [0.29, 0.717) is 11.2 Å². The quantitative estimate of drug-likeness (QED) is 0.155. The average molecular weight is 808 g/mol. The molecule has 13 aromatic rings. The summed E-state index contributed by atoms with van der Waals surface area (Å²) in [6.07, 6.45) is 0. The van der Waals surface area contributed by atoms with Crippen LogP contribution in [0, 0.1) is 0 Å². The number of anilines is 3. The van der Waals surface area contributed by atoms with E-state index in [9.17, 15) is 0 Å². The van der Waals surface area contributed by atoms with E-state index in [1.807, 2.05) is 60.7 Å². The van der Waals surface area contributed by atoms with E-state index in [2.05, 4.69) is 165 Å². The van der Waals surface area contributed by atoms with Crippen molar-refractivity contribution in [3.05, 3.63) is 200 Å². The van der Waals surface area contributed by atoms with E-state index in [-0.39, 0.29) is 0 Å². The molecule has 0 aliphatic rings. The summed E-state index contributed by atoms with van der Waals surface area (Å²) in [6, 6.07) is 69.9. The Kier molecular flexibility index (Phi) is 7.77. The van der Waals surface area contributed by atoms with Gasteiger partial charge >= 0.3 is 0 Å². The van der Waals surface area contributed by atoms with E-state index in [0.717, 1.165) is 77.9 Å². The van der Waals surface area contributed by atoms with E-state index >= 15 is 0 Å². The molecular weight excluding hydrogens is 775 g/mol. The topological polar surface area (TPSA) is 81.1 Å². The van der Waals surface area contributed by atoms with E-state index in [4.69, 9.17) is 8.83 Å². The number of hydrogen-bond acceptors (Lipinski definition) is 7. The summed E-state index contributed by atoms with van der Waals surface area (Å²) >= 11 is 0. The first-order chi connectivity index (χ1) is 31.2. The Morgan fingerprint density at radius 2 is 0.730 bits per heavy atom. The second-order valence-corrected chi connectivity index (χ2v) is 16.0. The summed E-state index contributed by atoms with van der Waals surface area (Å²) in [6.45, 7) is 0.